The van der Waals surface area contributed by atoms with Crippen LogP contribution in [0.25, 0.3) is 0 Å². The molecular weight excluding hydrogens is 402 g/mol. The van der Waals surface area contributed by atoms with E-state index in [2.05, 4.69) is 37.9 Å². The maximum absolute atomic E-state index is 12.8. The largest absolute Gasteiger partial charge is 0.353 e. The molecule has 1 amide bonds. The number of hydrogen-bond donors (Lipinski definition) is 0. The van der Waals surface area contributed by atoms with Crippen molar-refractivity contribution in [2.75, 3.05) is 31.1 Å². The van der Waals surface area contributed by atoms with Crippen molar-refractivity contribution < 1.29 is 4.79 Å². The third kappa shape index (κ3) is 3.67. The molecule has 0 bridgehead atoms. The fourth-order valence-electron chi connectivity index (χ4n) is 3.52. The third-order valence-corrected chi connectivity index (χ3v) is 5.73. The molecule has 25 heavy (non-hydrogen) atoms. The molecular formula is C19H19BrClN3O. The Morgan fingerprint density at radius 1 is 1.16 bits per heavy atom. The highest BCUT2D eigenvalue weighted by molar-refractivity contribution is 9.10. The van der Waals surface area contributed by atoms with Crippen molar-refractivity contribution in [3.8, 4) is 0 Å². The number of benzene rings is 1. The molecule has 0 spiro atoms. The van der Waals surface area contributed by atoms with Gasteiger partial charge in [-0.15, -0.1) is 0 Å². The van der Waals surface area contributed by atoms with E-state index in [0.29, 0.717) is 16.8 Å². The molecule has 0 radical (unpaired) electrons. The summed E-state index contributed by atoms with van der Waals surface area (Å²) in [7, 11) is 0. The first-order chi connectivity index (χ1) is 12.1. The molecule has 1 aromatic heterocycles. The summed E-state index contributed by atoms with van der Waals surface area (Å²) in [4.78, 5) is 21.4. The van der Waals surface area contributed by atoms with Gasteiger partial charge >= 0.3 is 0 Å². The minimum atomic E-state index is 0.148. The molecule has 4 nitrogen and oxygen atoms in total. The van der Waals surface area contributed by atoms with Crippen LogP contribution in [-0.4, -0.2) is 42.0 Å². The van der Waals surface area contributed by atoms with Gasteiger partial charge in [0, 0.05) is 42.8 Å². The number of nitrogens with zero attached hydrogens (tertiary/aromatic N) is 3. The molecule has 0 N–H and O–H groups in total. The molecule has 4 rings (SSSR count). The lowest BCUT2D eigenvalue weighted by molar-refractivity contribution is -0.133. The van der Waals surface area contributed by atoms with Crippen LogP contribution >= 0.6 is 27.5 Å². The predicted molar refractivity (Wildman–Crippen MR) is 103 cm³/mol. The average molecular weight is 421 g/mol. The summed E-state index contributed by atoms with van der Waals surface area (Å²) in [6.45, 7) is 3.14. The zero-order chi connectivity index (χ0) is 17.4. The number of halogens is 2. The van der Waals surface area contributed by atoms with Crippen molar-refractivity contribution in [3.63, 3.8) is 0 Å². The van der Waals surface area contributed by atoms with Gasteiger partial charge in [-0.05, 0) is 42.2 Å². The lowest BCUT2D eigenvalue weighted by atomic mass is 10.1. The van der Waals surface area contributed by atoms with Gasteiger partial charge in [-0.3, -0.25) is 4.79 Å². The first kappa shape index (κ1) is 16.9. The zero-order valence-corrected chi connectivity index (χ0v) is 16.1. The van der Waals surface area contributed by atoms with Gasteiger partial charge in [0.05, 0.1) is 5.02 Å². The van der Waals surface area contributed by atoms with Gasteiger partial charge in [-0.25, -0.2) is 4.98 Å². The number of anilines is 1. The van der Waals surface area contributed by atoms with Crippen LogP contribution in [0.15, 0.2) is 47.1 Å². The summed E-state index contributed by atoms with van der Waals surface area (Å²) < 4.78 is 1.08. The van der Waals surface area contributed by atoms with Gasteiger partial charge in [-0.1, -0.05) is 39.7 Å². The van der Waals surface area contributed by atoms with Crippen LogP contribution < -0.4 is 4.90 Å². The molecule has 6 heteroatoms. The highest BCUT2D eigenvalue weighted by Crippen LogP contribution is 2.49. The molecule has 2 aromatic rings. The van der Waals surface area contributed by atoms with Crippen molar-refractivity contribution in [1.82, 2.24) is 9.88 Å². The first-order valence-electron chi connectivity index (χ1n) is 8.52. The van der Waals surface area contributed by atoms with Gasteiger partial charge < -0.3 is 9.80 Å². The van der Waals surface area contributed by atoms with E-state index in [-0.39, 0.29) is 5.92 Å². The first-order valence-corrected chi connectivity index (χ1v) is 9.69. The Labute approximate surface area is 160 Å². The van der Waals surface area contributed by atoms with Gasteiger partial charge in [0.1, 0.15) is 5.82 Å². The van der Waals surface area contributed by atoms with E-state index in [4.69, 9.17) is 11.6 Å². The molecule has 2 atom stereocenters. The van der Waals surface area contributed by atoms with Crippen molar-refractivity contribution in [1.29, 1.82) is 0 Å². The van der Waals surface area contributed by atoms with E-state index >= 15 is 0 Å². The Kier molecular flexibility index (Phi) is 4.69. The van der Waals surface area contributed by atoms with Crippen LogP contribution in [0.5, 0.6) is 0 Å². The second kappa shape index (κ2) is 6.96. The Hall–Kier alpha value is -1.59. The number of amides is 1. The summed E-state index contributed by atoms with van der Waals surface area (Å²) in [5.41, 5.74) is 1.26. The highest BCUT2D eigenvalue weighted by atomic mass is 79.9. The smallest absolute Gasteiger partial charge is 0.226 e. The average Bonchev–Trinajstić information content (AvgIpc) is 3.43. The lowest BCUT2D eigenvalue weighted by Gasteiger charge is -2.35. The van der Waals surface area contributed by atoms with Crippen LogP contribution in [0, 0.1) is 5.92 Å². The van der Waals surface area contributed by atoms with E-state index < -0.39 is 0 Å². The van der Waals surface area contributed by atoms with Crippen molar-refractivity contribution in [2.24, 2.45) is 5.92 Å². The number of piperazine rings is 1. The molecule has 1 saturated heterocycles. The highest BCUT2D eigenvalue weighted by Gasteiger charge is 2.46. The Balaban J connectivity index is 1.34. The summed E-state index contributed by atoms with van der Waals surface area (Å²) in [6.07, 6.45) is 2.63. The van der Waals surface area contributed by atoms with Crippen molar-refractivity contribution in [3.05, 3.63) is 57.7 Å². The molecule has 130 valence electrons. The van der Waals surface area contributed by atoms with Gasteiger partial charge in [-0.2, -0.15) is 0 Å². The molecule has 2 aliphatic rings. The summed E-state index contributed by atoms with van der Waals surface area (Å²) in [6, 6.07) is 12.1. The van der Waals surface area contributed by atoms with Crippen LogP contribution in [0.2, 0.25) is 5.02 Å². The van der Waals surface area contributed by atoms with Crippen molar-refractivity contribution in [2.45, 2.75) is 12.3 Å². The van der Waals surface area contributed by atoms with Gasteiger partial charge in [0.15, 0.2) is 0 Å². The van der Waals surface area contributed by atoms with E-state index in [0.717, 1.165) is 42.9 Å². The van der Waals surface area contributed by atoms with E-state index in [1.165, 1.54) is 5.56 Å². The van der Waals surface area contributed by atoms with E-state index in [9.17, 15) is 4.79 Å². The maximum atomic E-state index is 12.8. The number of hydrogen-bond acceptors (Lipinski definition) is 3. The van der Waals surface area contributed by atoms with Crippen molar-refractivity contribution >= 4 is 39.3 Å². The summed E-state index contributed by atoms with van der Waals surface area (Å²) in [5.74, 6) is 1.75. The molecule has 1 aromatic carbocycles. The Morgan fingerprint density at radius 3 is 2.64 bits per heavy atom. The normalized spacial score (nSPS) is 22.8. The second-order valence-electron chi connectivity index (χ2n) is 6.65. The number of pyridine rings is 1. The fourth-order valence-corrected chi connectivity index (χ4v) is 4.05. The Morgan fingerprint density at radius 2 is 1.96 bits per heavy atom. The maximum Gasteiger partial charge on any atom is 0.226 e. The predicted octanol–water partition coefficient (Wildman–Crippen LogP) is 3.95. The van der Waals surface area contributed by atoms with Gasteiger partial charge in [0.2, 0.25) is 5.91 Å². The molecule has 1 aliphatic heterocycles. The van der Waals surface area contributed by atoms with Gasteiger partial charge in [0.25, 0.3) is 0 Å². The SMILES string of the molecule is O=C(C1CC1c1cccc(Br)c1)N1CCN(c2ccc(Cl)cn2)CC1. The number of carbonyl (C=O) groups excluding carboxylic acids is 1. The molecule has 2 fully saturated rings. The summed E-state index contributed by atoms with van der Waals surface area (Å²) in [5, 5.41) is 0.643. The number of aromatic nitrogens is 1. The quantitative estimate of drug-likeness (QED) is 0.754. The molecule has 2 unspecified atom stereocenters. The standard InChI is InChI=1S/C19H19BrClN3O/c20-14-3-1-2-13(10-14)16-11-17(16)19(25)24-8-6-23(7-9-24)18-5-4-15(21)12-22-18/h1-5,10,12,16-17H,6-9,11H2. The number of carbonyl (C=O) groups is 1. The molecule has 2 heterocycles. The summed E-state index contributed by atoms with van der Waals surface area (Å²) >= 11 is 9.40. The molecule has 1 saturated carbocycles. The van der Waals surface area contributed by atoms with E-state index in [1.54, 1.807) is 6.20 Å². The van der Waals surface area contributed by atoms with Crippen LogP contribution in [-0.2, 0) is 4.79 Å². The van der Waals surface area contributed by atoms with Crippen LogP contribution in [0.4, 0.5) is 5.82 Å². The zero-order valence-electron chi connectivity index (χ0n) is 13.7. The lowest BCUT2D eigenvalue weighted by Crippen LogP contribution is -2.49. The topological polar surface area (TPSA) is 36.4 Å². The monoisotopic (exact) mass is 419 g/mol. The van der Waals surface area contributed by atoms with Crippen LogP contribution in [0.1, 0.15) is 17.9 Å². The van der Waals surface area contributed by atoms with Crippen LogP contribution in [0.3, 0.4) is 0 Å². The Bertz CT molecular complexity index is 774. The fraction of sp³-hybridized carbons (Fsp3) is 0.368. The minimum Gasteiger partial charge on any atom is -0.353 e. The number of rotatable bonds is 3. The van der Waals surface area contributed by atoms with E-state index in [1.807, 2.05) is 29.2 Å². The third-order valence-electron chi connectivity index (χ3n) is 5.01. The minimum absolute atomic E-state index is 0.148. The molecule has 1 aliphatic carbocycles. The second-order valence-corrected chi connectivity index (χ2v) is 8.00.